The molecule has 2 heterocycles. The Bertz CT molecular complexity index is 501. The van der Waals surface area contributed by atoms with E-state index in [1.165, 1.54) is 16.5 Å². The van der Waals surface area contributed by atoms with Crippen molar-refractivity contribution in [3.05, 3.63) is 36.0 Å². The molecular formula is C13H15NOS. The number of ether oxygens (including phenoxy) is 1. The molecule has 1 N–H and O–H groups in total. The number of rotatable bonds is 3. The summed E-state index contributed by atoms with van der Waals surface area (Å²) < 4.78 is 5.42. The summed E-state index contributed by atoms with van der Waals surface area (Å²) in [7, 11) is 0. The molecule has 0 amide bonds. The monoisotopic (exact) mass is 233 g/mol. The van der Waals surface area contributed by atoms with Gasteiger partial charge in [-0.2, -0.15) is 12.6 Å². The SMILES string of the molecule is SCCC1(c2c[nH]c3ccccc23)COC1. The van der Waals surface area contributed by atoms with Gasteiger partial charge < -0.3 is 9.72 Å². The summed E-state index contributed by atoms with van der Waals surface area (Å²) in [5.41, 5.74) is 2.80. The molecule has 0 saturated carbocycles. The number of H-pyrrole nitrogens is 1. The largest absolute Gasteiger partial charge is 0.379 e. The number of aromatic nitrogens is 1. The summed E-state index contributed by atoms with van der Waals surface area (Å²) in [6.45, 7) is 1.66. The molecule has 2 aromatic rings. The fourth-order valence-electron chi connectivity index (χ4n) is 2.51. The van der Waals surface area contributed by atoms with Crippen LogP contribution in [0.3, 0.4) is 0 Å². The highest BCUT2D eigenvalue weighted by Gasteiger charge is 2.41. The van der Waals surface area contributed by atoms with Crippen LogP contribution in [0.1, 0.15) is 12.0 Å². The first-order chi connectivity index (χ1) is 7.86. The molecule has 1 aromatic carbocycles. The summed E-state index contributed by atoms with van der Waals surface area (Å²) in [6, 6.07) is 8.45. The van der Waals surface area contributed by atoms with Crippen molar-refractivity contribution in [3.63, 3.8) is 0 Å². The zero-order chi connectivity index (χ0) is 11.0. The number of fused-ring (bicyclic) bond motifs is 1. The molecule has 0 unspecified atom stereocenters. The highest BCUT2D eigenvalue weighted by Crippen LogP contribution is 2.39. The van der Waals surface area contributed by atoms with E-state index in [2.05, 4.69) is 48.1 Å². The summed E-state index contributed by atoms with van der Waals surface area (Å²) in [5.74, 6) is 0.906. The topological polar surface area (TPSA) is 25.0 Å². The maximum Gasteiger partial charge on any atom is 0.0586 e. The van der Waals surface area contributed by atoms with Gasteiger partial charge in [-0.15, -0.1) is 0 Å². The molecule has 16 heavy (non-hydrogen) atoms. The summed E-state index contributed by atoms with van der Waals surface area (Å²) in [4.78, 5) is 3.34. The van der Waals surface area contributed by atoms with Crippen molar-refractivity contribution in [2.45, 2.75) is 11.8 Å². The quantitative estimate of drug-likeness (QED) is 0.783. The van der Waals surface area contributed by atoms with E-state index in [4.69, 9.17) is 4.74 Å². The molecular weight excluding hydrogens is 218 g/mol. The van der Waals surface area contributed by atoms with Crippen molar-refractivity contribution in [2.75, 3.05) is 19.0 Å². The summed E-state index contributed by atoms with van der Waals surface area (Å²) >= 11 is 4.36. The highest BCUT2D eigenvalue weighted by atomic mass is 32.1. The average molecular weight is 233 g/mol. The minimum absolute atomic E-state index is 0.196. The number of para-hydroxylation sites is 1. The van der Waals surface area contributed by atoms with E-state index >= 15 is 0 Å². The van der Waals surface area contributed by atoms with Crippen LogP contribution < -0.4 is 0 Å². The lowest BCUT2D eigenvalue weighted by molar-refractivity contribution is -0.0606. The summed E-state index contributed by atoms with van der Waals surface area (Å²) in [5, 5.41) is 1.33. The third-order valence-corrected chi connectivity index (χ3v) is 3.73. The molecule has 0 atom stereocenters. The van der Waals surface area contributed by atoms with Gasteiger partial charge in [0, 0.05) is 22.5 Å². The number of hydrogen-bond acceptors (Lipinski definition) is 2. The van der Waals surface area contributed by atoms with Gasteiger partial charge in [0.2, 0.25) is 0 Å². The Morgan fingerprint density at radius 3 is 2.81 bits per heavy atom. The normalized spacial score (nSPS) is 18.6. The van der Waals surface area contributed by atoms with Crippen molar-refractivity contribution in [2.24, 2.45) is 0 Å². The van der Waals surface area contributed by atoms with E-state index in [1.807, 2.05) is 0 Å². The van der Waals surface area contributed by atoms with Crippen LogP contribution >= 0.6 is 12.6 Å². The van der Waals surface area contributed by atoms with Crippen LogP contribution in [0.4, 0.5) is 0 Å². The second-order valence-electron chi connectivity index (χ2n) is 4.49. The zero-order valence-corrected chi connectivity index (χ0v) is 9.97. The fraction of sp³-hybridized carbons (Fsp3) is 0.385. The number of benzene rings is 1. The van der Waals surface area contributed by atoms with E-state index in [9.17, 15) is 0 Å². The van der Waals surface area contributed by atoms with E-state index in [-0.39, 0.29) is 5.41 Å². The Kier molecular flexibility index (Phi) is 2.45. The van der Waals surface area contributed by atoms with Gasteiger partial charge in [-0.05, 0) is 23.8 Å². The van der Waals surface area contributed by atoms with Gasteiger partial charge in [0.1, 0.15) is 0 Å². The highest BCUT2D eigenvalue weighted by molar-refractivity contribution is 7.80. The lowest BCUT2D eigenvalue weighted by Crippen LogP contribution is -2.46. The maximum absolute atomic E-state index is 5.42. The molecule has 1 aromatic heterocycles. The predicted molar refractivity (Wildman–Crippen MR) is 69.3 cm³/mol. The third-order valence-electron chi connectivity index (χ3n) is 3.51. The van der Waals surface area contributed by atoms with Gasteiger partial charge in [0.25, 0.3) is 0 Å². The first-order valence-corrected chi connectivity index (χ1v) is 6.24. The minimum Gasteiger partial charge on any atom is -0.379 e. The molecule has 3 rings (SSSR count). The second-order valence-corrected chi connectivity index (χ2v) is 4.94. The Labute approximate surface area is 100 Å². The lowest BCUT2D eigenvalue weighted by atomic mass is 9.76. The molecule has 1 aliphatic heterocycles. The van der Waals surface area contributed by atoms with E-state index in [0.29, 0.717) is 0 Å². The predicted octanol–water partition coefficient (Wildman–Crippen LogP) is 2.76. The average Bonchev–Trinajstić information content (AvgIpc) is 2.68. The molecule has 2 nitrogen and oxygen atoms in total. The molecule has 1 fully saturated rings. The first kappa shape index (κ1) is 10.2. The lowest BCUT2D eigenvalue weighted by Gasteiger charge is -2.41. The molecule has 0 radical (unpaired) electrons. The molecule has 0 bridgehead atoms. The molecule has 1 aliphatic rings. The van der Waals surface area contributed by atoms with Gasteiger partial charge >= 0.3 is 0 Å². The van der Waals surface area contributed by atoms with Crippen LogP contribution in [0, 0.1) is 0 Å². The minimum atomic E-state index is 0.196. The number of thiol groups is 1. The van der Waals surface area contributed by atoms with Crippen molar-refractivity contribution in [3.8, 4) is 0 Å². The van der Waals surface area contributed by atoms with E-state index < -0.39 is 0 Å². The molecule has 1 saturated heterocycles. The smallest absolute Gasteiger partial charge is 0.0586 e. The van der Waals surface area contributed by atoms with Crippen molar-refractivity contribution < 1.29 is 4.74 Å². The van der Waals surface area contributed by atoms with Crippen LogP contribution in [-0.4, -0.2) is 24.0 Å². The van der Waals surface area contributed by atoms with Gasteiger partial charge in [0.05, 0.1) is 13.2 Å². The summed E-state index contributed by atoms with van der Waals surface area (Å²) in [6.07, 6.45) is 3.22. The van der Waals surface area contributed by atoms with Crippen LogP contribution in [-0.2, 0) is 10.2 Å². The fourth-order valence-corrected chi connectivity index (χ4v) is 2.94. The molecule has 3 heteroatoms. The van der Waals surface area contributed by atoms with E-state index in [0.717, 1.165) is 25.4 Å². The Balaban J connectivity index is 2.10. The first-order valence-electron chi connectivity index (χ1n) is 5.61. The standard InChI is InChI=1S/C13H15NOS/c16-6-5-13(8-15-9-13)11-7-14-12-4-2-1-3-10(11)12/h1-4,7,14,16H,5-6,8-9H2. The third kappa shape index (κ3) is 1.39. The van der Waals surface area contributed by atoms with E-state index in [1.54, 1.807) is 0 Å². The van der Waals surface area contributed by atoms with Crippen molar-refractivity contribution >= 4 is 23.5 Å². The molecule has 0 aliphatic carbocycles. The number of nitrogens with one attached hydrogen (secondary N) is 1. The van der Waals surface area contributed by atoms with Gasteiger partial charge in [0.15, 0.2) is 0 Å². The van der Waals surface area contributed by atoms with Crippen molar-refractivity contribution in [1.29, 1.82) is 0 Å². The van der Waals surface area contributed by atoms with Crippen molar-refractivity contribution in [1.82, 2.24) is 4.98 Å². The number of hydrogen-bond donors (Lipinski definition) is 2. The number of aromatic amines is 1. The molecule has 0 spiro atoms. The Morgan fingerprint density at radius 2 is 2.12 bits per heavy atom. The zero-order valence-electron chi connectivity index (χ0n) is 9.07. The maximum atomic E-state index is 5.42. The molecule has 84 valence electrons. The Hall–Kier alpha value is -0.930. The second kappa shape index (κ2) is 3.82. The van der Waals surface area contributed by atoms with Gasteiger partial charge in [-0.25, -0.2) is 0 Å². The van der Waals surface area contributed by atoms with Gasteiger partial charge in [-0.3, -0.25) is 0 Å². The van der Waals surface area contributed by atoms with Crippen LogP contribution in [0.2, 0.25) is 0 Å². The van der Waals surface area contributed by atoms with Crippen LogP contribution in [0.25, 0.3) is 10.9 Å². The Morgan fingerprint density at radius 1 is 1.31 bits per heavy atom. The van der Waals surface area contributed by atoms with Gasteiger partial charge in [-0.1, -0.05) is 18.2 Å². The van der Waals surface area contributed by atoms with Crippen LogP contribution in [0.15, 0.2) is 30.5 Å². The van der Waals surface area contributed by atoms with Crippen LogP contribution in [0.5, 0.6) is 0 Å².